The van der Waals surface area contributed by atoms with E-state index < -0.39 is 43.5 Å². The van der Waals surface area contributed by atoms with Crippen LogP contribution in [0.2, 0.25) is 0 Å². The fourth-order valence-corrected chi connectivity index (χ4v) is 1.57. The minimum Gasteiger partial charge on any atom is -0.465 e. The van der Waals surface area contributed by atoms with Crippen LogP contribution in [-0.2, 0) is 0 Å². The minimum absolute atomic E-state index is 0.396. The first-order valence-electron chi connectivity index (χ1n) is 4.11. The van der Waals surface area contributed by atoms with Crippen molar-refractivity contribution < 1.29 is 33.3 Å². The van der Waals surface area contributed by atoms with Gasteiger partial charge < -0.3 is 15.3 Å². The molecule has 88 valence electrons. The number of aliphatic hydroxyl groups is 2. The largest absolute Gasteiger partial charge is 0.465 e. The third-order valence-electron chi connectivity index (χ3n) is 2.43. The second kappa shape index (κ2) is 3.53. The van der Waals surface area contributed by atoms with Crippen molar-refractivity contribution >= 4 is 6.09 Å². The van der Waals surface area contributed by atoms with Crippen molar-refractivity contribution in [1.82, 2.24) is 4.90 Å². The molecule has 1 aliphatic rings. The number of amides is 1. The quantitative estimate of drug-likeness (QED) is 0.592. The van der Waals surface area contributed by atoms with E-state index in [-0.39, 0.29) is 0 Å². The molecule has 1 rings (SSSR count). The molecule has 5 nitrogen and oxygen atoms in total. The molecule has 1 aliphatic heterocycles. The van der Waals surface area contributed by atoms with E-state index in [2.05, 4.69) is 0 Å². The van der Waals surface area contributed by atoms with E-state index in [1.54, 1.807) is 0 Å². The van der Waals surface area contributed by atoms with Gasteiger partial charge in [0.25, 0.3) is 0 Å². The number of halogens is 3. The summed E-state index contributed by atoms with van der Waals surface area (Å²) < 4.78 is 37.0. The van der Waals surface area contributed by atoms with Crippen LogP contribution < -0.4 is 0 Å². The summed E-state index contributed by atoms with van der Waals surface area (Å²) in [6, 6.07) is -1.21. The van der Waals surface area contributed by atoms with Gasteiger partial charge in [-0.3, -0.25) is 4.90 Å². The van der Waals surface area contributed by atoms with Crippen LogP contribution in [0.15, 0.2) is 0 Å². The zero-order chi connectivity index (χ0) is 11.9. The highest BCUT2D eigenvalue weighted by Gasteiger charge is 2.60. The molecule has 1 saturated heterocycles. The van der Waals surface area contributed by atoms with Crippen molar-refractivity contribution in [2.24, 2.45) is 0 Å². The Morgan fingerprint density at radius 2 is 2.07 bits per heavy atom. The average molecular weight is 229 g/mol. The van der Waals surface area contributed by atoms with Gasteiger partial charge in [-0.15, -0.1) is 0 Å². The second-order valence-corrected chi connectivity index (χ2v) is 3.48. The Hall–Kier alpha value is -1.02. The number of aliphatic hydroxyl groups excluding tert-OH is 1. The van der Waals surface area contributed by atoms with Gasteiger partial charge in [0, 0.05) is 6.42 Å². The van der Waals surface area contributed by atoms with E-state index in [4.69, 9.17) is 10.2 Å². The average Bonchev–Trinajstić information content (AvgIpc) is 2.43. The number of carboxylic acid groups (broad SMARTS) is 1. The van der Waals surface area contributed by atoms with Crippen molar-refractivity contribution in [3.8, 4) is 0 Å². The van der Waals surface area contributed by atoms with E-state index in [9.17, 15) is 23.1 Å². The van der Waals surface area contributed by atoms with Crippen LogP contribution in [0.3, 0.4) is 0 Å². The first kappa shape index (κ1) is 12.1. The summed E-state index contributed by atoms with van der Waals surface area (Å²) in [4.78, 5) is 10.9. The Bertz CT molecular complexity index is 269. The summed E-state index contributed by atoms with van der Waals surface area (Å²) in [6.07, 6.45) is -7.32. The van der Waals surface area contributed by atoms with Gasteiger partial charge in [0.1, 0.15) is 0 Å². The Morgan fingerprint density at radius 1 is 1.53 bits per heavy atom. The van der Waals surface area contributed by atoms with E-state index in [1.807, 2.05) is 0 Å². The summed E-state index contributed by atoms with van der Waals surface area (Å²) in [7, 11) is 0. The Kier molecular flexibility index (Phi) is 2.83. The number of hydrogen-bond acceptors (Lipinski definition) is 3. The van der Waals surface area contributed by atoms with Gasteiger partial charge >= 0.3 is 12.3 Å². The molecule has 0 aromatic heterocycles. The minimum atomic E-state index is -4.90. The SMILES string of the molecule is O=C(O)N1CC(O)(C(F)(F)F)CC1CO. The summed E-state index contributed by atoms with van der Waals surface area (Å²) in [5, 5.41) is 26.5. The zero-order valence-electron chi connectivity index (χ0n) is 7.53. The fraction of sp³-hybridized carbons (Fsp3) is 0.857. The molecule has 0 saturated carbocycles. The lowest BCUT2D eigenvalue weighted by Crippen LogP contribution is -2.47. The topological polar surface area (TPSA) is 81.0 Å². The monoisotopic (exact) mass is 229 g/mol. The van der Waals surface area contributed by atoms with Gasteiger partial charge in [0.2, 0.25) is 0 Å². The Labute approximate surface area is 82.7 Å². The lowest BCUT2D eigenvalue weighted by atomic mass is 10.0. The maximum Gasteiger partial charge on any atom is 0.419 e. The standard InChI is InChI=1S/C7H10F3NO4/c8-7(9,10)6(15)1-4(2-12)11(3-6)5(13)14/h4,12,15H,1-3H2,(H,13,14). The van der Waals surface area contributed by atoms with E-state index in [0.717, 1.165) is 0 Å². The smallest absolute Gasteiger partial charge is 0.419 e. The lowest BCUT2D eigenvalue weighted by Gasteiger charge is -2.24. The third kappa shape index (κ3) is 2.00. The zero-order valence-corrected chi connectivity index (χ0v) is 7.53. The number of likely N-dealkylation sites (tertiary alicyclic amines) is 1. The Balaban J connectivity index is 2.89. The van der Waals surface area contributed by atoms with Crippen LogP contribution in [0.25, 0.3) is 0 Å². The maximum atomic E-state index is 12.3. The molecule has 2 unspecified atom stereocenters. The molecule has 0 aliphatic carbocycles. The highest BCUT2D eigenvalue weighted by atomic mass is 19.4. The van der Waals surface area contributed by atoms with E-state index in [1.165, 1.54) is 0 Å². The van der Waals surface area contributed by atoms with Gasteiger partial charge in [-0.2, -0.15) is 13.2 Å². The van der Waals surface area contributed by atoms with Crippen LogP contribution >= 0.6 is 0 Å². The van der Waals surface area contributed by atoms with Gasteiger partial charge in [-0.1, -0.05) is 0 Å². The van der Waals surface area contributed by atoms with Crippen molar-refractivity contribution in [3.05, 3.63) is 0 Å². The molecule has 0 aromatic carbocycles. The van der Waals surface area contributed by atoms with Gasteiger partial charge in [-0.05, 0) is 0 Å². The second-order valence-electron chi connectivity index (χ2n) is 3.48. The normalized spacial score (nSPS) is 32.1. The summed E-state index contributed by atoms with van der Waals surface area (Å²) >= 11 is 0. The summed E-state index contributed by atoms with van der Waals surface area (Å²) in [5.74, 6) is 0. The fourth-order valence-electron chi connectivity index (χ4n) is 1.57. The first-order chi connectivity index (χ1) is 6.71. The van der Waals surface area contributed by atoms with Crippen LogP contribution in [0.5, 0.6) is 0 Å². The molecule has 8 heteroatoms. The predicted octanol–water partition coefficient (Wildman–Crippen LogP) is 0.0244. The van der Waals surface area contributed by atoms with Crippen molar-refractivity contribution in [2.75, 3.05) is 13.2 Å². The van der Waals surface area contributed by atoms with Crippen molar-refractivity contribution in [3.63, 3.8) is 0 Å². The number of alkyl halides is 3. The molecule has 0 radical (unpaired) electrons. The highest BCUT2D eigenvalue weighted by Crippen LogP contribution is 2.40. The lowest BCUT2D eigenvalue weighted by molar-refractivity contribution is -0.253. The van der Waals surface area contributed by atoms with Crippen LogP contribution in [0.4, 0.5) is 18.0 Å². The molecule has 1 amide bonds. The number of nitrogens with zero attached hydrogens (tertiary/aromatic N) is 1. The molecule has 0 aromatic rings. The first-order valence-corrected chi connectivity index (χ1v) is 4.11. The van der Waals surface area contributed by atoms with Gasteiger partial charge in [0.15, 0.2) is 5.60 Å². The maximum absolute atomic E-state index is 12.3. The number of hydrogen-bond donors (Lipinski definition) is 3. The van der Waals surface area contributed by atoms with Crippen LogP contribution in [0, 0.1) is 0 Å². The van der Waals surface area contributed by atoms with Gasteiger partial charge in [0.05, 0.1) is 19.2 Å². The van der Waals surface area contributed by atoms with E-state index in [0.29, 0.717) is 4.90 Å². The van der Waals surface area contributed by atoms with Crippen molar-refractivity contribution in [2.45, 2.75) is 24.2 Å². The van der Waals surface area contributed by atoms with Crippen molar-refractivity contribution in [1.29, 1.82) is 0 Å². The summed E-state index contributed by atoms with van der Waals surface area (Å²) in [5.41, 5.74) is -3.06. The summed E-state index contributed by atoms with van der Waals surface area (Å²) in [6.45, 7) is -1.80. The molecular formula is C7H10F3NO4. The van der Waals surface area contributed by atoms with Gasteiger partial charge in [-0.25, -0.2) is 4.79 Å². The molecule has 3 N–H and O–H groups in total. The number of rotatable bonds is 1. The molecular weight excluding hydrogens is 219 g/mol. The van der Waals surface area contributed by atoms with Crippen LogP contribution in [-0.4, -0.2) is 57.3 Å². The van der Waals surface area contributed by atoms with E-state index >= 15 is 0 Å². The molecule has 1 fully saturated rings. The third-order valence-corrected chi connectivity index (χ3v) is 2.43. The predicted molar refractivity (Wildman–Crippen MR) is 41.2 cm³/mol. The molecule has 0 spiro atoms. The number of carbonyl (C=O) groups is 1. The molecule has 15 heavy (non-hydrogen) atoms. The molecule has 1 heterocycles. The molecule has 0 bridgehead atoms. The highest BCUT2D eigenvalue weighted by molar-refractivity contribution is 5.66. The van der Waals surface area contributed by atoms with Crippen LogP contribution in [0.1, 0.15) is 6.42 Å². The number of β-amino-alcohol motifs (C(OH)–C–C–N with tert-alkyl or cyclic N) is 1. The molecule has 2 atom stereocenters. The Morgan fingerprint density at radius 3 is 2.33 bits per heavy atom.